The molecule has 0 heterocycles. The number of hydrogen-bond donors (Lipinski definition) is 2. The third kappa shape index (κ3) is 4.01. The van der Waals surface area contributed by atoms with E-state index >= 15 is 0 Å². The number of amides is 1. The first kappa shape index (κ1) is 15.6. The minimum Gasteiger partial charge on any atom is -0.493 e. The number of benzene rings is 1. The van der Waals surface area contributed by atoms with Gasteiger partial charge in [-0.25, -0.2) is 0 Å². The molecule has 0 saturated heterocycles. The summed E-state index contributed by atoms with van der Waals surface area (Å²) in [6, 6.07) is 2.73. The van der Waals surface area contributed by atoms with E-state index in [1.807, 2.05) is 6.92 Å². The standard InChI is InChI=1S/C13H18ClNO4/c1-4-19-12-10(14)5-9(6-11(12)18-3)13(17)15-8(2)7-16/h5-6,8,16H,4,7H2,1-3H3,(H,15,17). The van der Waals surface area contributed by atoms with E-state index in [1.54, 1.807) is 13.0 Å². The summed E-state index contributed by atoms with van der Waals surface area (Å²) in [5.74, 6) is 0.486. The topological polar surface area (TPSA) is 67.8 Å². The predicted molar refractivity (Wildman–Crippen MR) is 73.2 cm³/mol. The van der Waals surface area contributed by atoms with Gasteiger partial charge in [0.15, 0.2) is 11.5 Å². The SMILES string of the molecule is CCOc1c(Cl)cc(C(=O)NC(C)CO)cc1OC. The van der Waals surface area contributed by atoms with Crippen LogP contribution < -0.4 is 14.8 Å². The summed E-state index contributed by atoms with van der Waals surface area (Å²) in [4.78, 5) is 11.9. The van der Waals surface area contributed by atoms with E-state index < -0.39 is 0 Å². The van der Waals surface area contributed by atoms with Crippen molar-refractivity contribution < 1.29 is 19.4 Å². The smallest absolute Gasteiger partial charge is 0.251 e. The summed E-state index contributed by atoms with van der Waals surface area (Å²) in [5, 5.41) is 11.9. The van der Waals surface area contributed by atoms with Crippen LogP contribution in [0.3, 0.4) is 0 Å². The zero-order valence-electron chi connectivity index (χ0n) is 11.2. The van der Waals surface area contributed by atoms with Crippen LogP contribution in [-0.4, -0.2) is 37.4 Å². The fraction of sp³-hybridized carbons (Fsp3) is 0.462. The molecule has 0 fully saturated rings. The van der Waals surface area contributed by atoms with Crippen molar-refractivity contribution >= 4 is 17.5 Å². The summed E-state index contributed by atoms with van der Waals surface area (Å²) < 4.78 is 10.5. The Hall–Kier alpha value is -1.46. The Morgan fingerprint density at radius 1 is 1.53 bits per heavy atom. The van der Waals surface area contributed by atoms with E-state index in [1.165, 1.54) is 13.2 Å². The Labute approximate surface area is 117 Å². The van der Waals surface area contributed by atoms with Crippen molar-refractivity contribution in [3.8, 4) is 11.5 Å². The predicted octanol–water partition coefficient (Wildman–Crippen LogP) is 1.86. The fourth-order valence-corrected chi connectivity index (χ4v) is 1.75. The van der Waals surface area contributed by atoms with Gasteiger partial charge in [0.05, 0.1) is 25.3 Å². The van der Waals surface area contributed by atoms with Crippen LogP contribution in [0.4, 0.5) is 0 Å². The second kappa shape index (κ2) is 7.21. The lowest BCUT2D eigenvalue weighted by molar-refractivity contribution is 0.0922. The maximum absolute atomic E-state index is 11.9. The number of rotatable bonds is 6. The highest BCUT2D eigenvalue weighted by Crippen LogP contribution is 2.36. The third-order valence-electron chi connectivity index (χ3n) is 2.43. The van der Waals surface area contributed by atoms with E-state index in [4.69, 9.17) is 26.2 Å². The molecule has 1 amide bonds. The lowest BCUT2D eigenvalue weighted by Gasteiger charge is -2.14. The highest BCUT2D eigenvalue weighted by atomic mass is 35.5. The van der Waals surface area contributed by atoms with Crippen molar-refractivity contribution in [1.82, 2.24) is 5.32 Å². The average molecular weight is 288 g/mol. The van der Waals surface area contributed by atoms with Crippen molar-refractivity contribution in [2.24, 2.45) is 0 Å². The van der Waals surface area contributed by atoms with Crippen LogP contribution in [-0.2, 0) is 0 Å². The molecule has 1 aromatic carbocycles. The molecule has 1 rings (SSSR count). The number of aliphatic hydroxyl groups excluding tert-OH is 1. The van der Waals surface area contributed by atoms with Gasteiger partial charge < -0.3 is 19.9 Å². The third-order valence-corrected chi connectivity index (χ3v) is 2.71. The first-order chi connectivity index (χ1) is 9.03. The lowest BCUT2D eigenvalue weighted by Crippen LogP contribution is -2.35. The lowest BCUT2D eigenvalue weighted by atomic mass is 10.1. The van der Waals surface area contributed by atoms with Gasteiger partial charge in [-0.2, -0.15) is 0 Å². The molecule has 0 aromatic heterocycles. The minimum atomic E-state index is -0.330. The fourth-order valence-electron chi connectivity index (χ4n) is 1.49. The first-order valence-electron chi connectivity index (χ1n) is 5.95. The Morgan fingerprint density at radius 2 is 2.21 bits per heavy atom. The van der Waals surface area contributed by atoms with E-state index in [9.17, 15) is 4.79 Å². The Morgan fingerprint density at radius 3 is 2.74 bits per heavy atom. The Bertz CT molecular complexity index is 451. The molecule has 1 atom stereocenters. The summed E-state index contributed by atoms with van der Waals surface area (Å²) in [6.07, 6.45) is 0. The normalized spacial score (nSPS) is 11.8. The molecule has 0 aliphatic rings. The Kier molecular flexibility index (Phi) is 5.92. The summed E-state index contributed by atoms with van der Waals surface area (Å²) >= 11 is 6.07. The van der Waals surface area contributed by atoms with E-state index in [0.717, 1.165) is 0 Å². The van der Waals surface area contributed by atoms with Gasteiger partial charge in [0.1, 0.15) is 0 Å². The number of carbonyl (C=O) groups is 1. The molecule has 106 valence electrons. The molecule has 1 unspecified atom stereocenters. The van der Waals surface area contributed by atoms with Crippen LogP contribution in [0.15, 0.2) is 12.1 Å². The average Bonchev–Trinajstić information content (AvgIpc) is 2.40. The van der Waals surface area contributed by atoms with Crippen molar-refractivity contribution in [1.29, 1.82) is 0 Å². The zero-order valence-corrected chi connectivity index (χ0v) is 12.0. The number of carbonyl (C=O) groups excluding carboxylic acids is 1. The quantitative estimate of drug-likeness (QED) is 0.838. The second-order valence-corrected chi connectivity index (χ2v) is 4.39. The molecular weight excluding hydrogens is 270 g/mol. The molecule has 0 spiro atoms. The molecular formula is C13H18ClNO4. The van der Waals surface area contributed by atoms with Gasteiger partial charge in [-0.3, -0.25) is 4.79 Å². The van der Waals surface area contributed by atoms with Crippen LogP contribution in [0.1, 0.15) is 24.2 Å². The maximum Gasteiger partial charge on any atom is 0.251 e. The van der Waals surface area contributed by atoms with Gasteiger partial charge in [0, 0.05) is 11.6 Å². The van der Waals surface area contributed by atoms with Gasteiger partial charge in [-0.05, 0) is 26.0 Å². The van der Waals surface area contributed by atoms with Crippen LogP contribution in [0.25, 0.3) is 0 Å². The number of hydrogen-bond acceptors (Lipinski definition) is 4. The number of aliphatic hydroxyl groups is 1. The number of nitrogens with one attached hydrogen (secondary N) is 1. The van der Waals surface area contributed by atoms with Crippen molar-refractivity contribution in [2.75, 3.05) is 20.3 Å². The van der Waals surface area contributed by atoms with Gasteiger partial charge in [-0.1, -0.05) is 11.6 Å². The van der Waals surface area contributed by atoms with Gasteiger partial charge in [0.2, 0.25) is 0 Å². The van der Waals surface area contributed by atoms with Crippen molar-refractivity contribution in [3.63, 3.8) is 0 Å². The molecule has 0 aliphatic carbocycles. The van der Waals surface area contributed by atoms with Crippen LogP contribution in [0, 0.1) is 0 Å². The number of ether oxygens (including phenoxy) is 2. The molecule has 0 radical (unpaired) electrons. The van der Waals surface area contributed by atoms with Crippen LogP contribution in [0.5, 0.6) is 11.5 Å². The van der Waals surface area contributed by atoms with Crippen LogP contribution >= 0.6 is 11.6 Å². The van der Waals surface area contributed by atoms with E-state index in [0.29, 0.717) is 28.7 Å². The zero-order chi connectivity index (χ0) is 14.4. The largest absolute Gasteiger partial charge is 0.493 e. The molecule has 6 heteroatoms. The molecule has 19 heavy (non-hydrogen) atoms. The summed E-state index contributed by atoms with van der Waals surface area (Å²) in [7, 11) is 1.48. The molecule has 2 N–H and O–H groups in total. The second-order valence-electron chi connectivity index (χ2n) is 3.98. The van der Waals surface area contributed by atoms with Gasteiger partial charge in [0.25, 0.3) is 5.91 Å². The molecule has 1 aromatic rings. The molecule has 0 bridgehead atoms. The van der Waals surface area contributed by atoms with Crippen LogP contribution in [0.2, 0.25) is 5.02 Å². The summed E-state index contributed by atoms with van der Waals surface area (Å²) in [5.41, 5.74) is 0.352. The van der Waals surface area contributed by atoms with Crippen molar-refractivity contribution in [2.45, 2.75) is 19.9 Å². The molecule has 0 saturated carbocycles. The maximum atomic E-state index is 11.9. The monoisotopic (exact) mass is 287 g/mol. The van der Waals surface area contributed by atoms with E-state index in [-0.39, 0.29) is 18.6 Å². The van der Waals surface area contributed by atoms with Gasteiger partial charge >= 0.3 is 0 Å². The van der Waals surface area contributed by atoms with Gasteiger partial charge in [-0.15, -0.1) is 0 Å². The Balaban J connectivity index is 3.04. The summed E-state index contributed by atoms with van der Waals surface area (Å²) in [6.45, 7) is 3.85. The van der Waals surface area contributed by atoms with E-state index in [2.05, 4.69) is 5.32 Å². The van der Waals surface area contributed by atoms with Crippen molar-refractivity contribution in [3.05, 3.63) is 22.7 Å². The first-order valence-corrected chi connectivity index (χ1v) is 6.33. The number of halogens is 1. The molecule has 5 nitrogen and oxygen atoms in total. The number of methoxy groups -OCH3 is 1. The highest BCUT2D eigenvalue weighted by Gasteiger charge is 2.16. The minimum absolute atomic E-state index is 0.131. The highest BCUT2D eigenvalue weighted by molar-refractivity contribution is 6.32. The molecule has 0 aliphatic heterocycles.